The summed E-state index contributed by atoms with van der Waals surface area (Å²) in [4.78, 5) is 25.7. The van der Waals surface area contributed by atoms with Crippen LogP contribution in [0.4, 0.5) is 0 Å². The van der Waals surface area contributed by atoms with Gasteiger partial charge in [0.25, 0.3) is 5.56 Å². The molecule has 6 nitrogen and oxygen atoms in total. The Balaban J connectivity index is 2.77. The fourth-order valence-corrected chi connectivity index (χ4v) is 3.50. The molecule has 2 aromatic rings. The van der Waals surface area contributed by atoms with Gasteiger partial charge in [0.05, 0.1) is 22.2 Å². The van der Waals surface area contributed by atoms with Crippen molar-refractivity contribution >= 4 is 29.0 Å². The van der Waals surface area contributed by atoms with Gasteiger partial charge in [0.2, 0.25) is 5.88 Å². The van der Waals surface area contributed by atoms with Crippen LogP contribution in [0, 0.1) is 18.3 Å². The number of ether oxygens (including phenoxy) is 1. The topological polar surface area (TPSA) is 92.3 Å². The summed E-state index contributed by atoms with van der Waals surface area (Å²) in [6, 6.07) is 4.19. The highest BCUT2D eigenvalue weighted by Crippen LogP contribution is 2.36. The highest BCUT2D eigenvalue weighted by atomic mass is 35.5. The maximum atomic E-state index is 13.2. The summed E-state index contributed by atoms with van der Waals surface area (Å²) in [7, 11) is 0. The molecule has 0 spiro atoms. The van der Waals surface area contributed by atoms with E-state index in [1.807, 2.05) is 13.0 Å². The summed E-state index contributed by atoms with van der Waals surface area (Å²) < 4.78 is 6.43. The molecule has 0 aliphatic rings. The Morgan fingerprint density at radius 1 is 1.32 bits per heavy atom. The van der Waals surface area contributed by atoms with Gasteiger partial charge in [0, 0.05) is 11.6 Å². The number of hydrogen-bond donors (Lipinski definition) is 1. The number of hydrogen-bond acceptors (Lipinski definition) is 5. The Labute approximate surface area is 172 Å². The van der Waals surface area contributed by atoms with E-state index in [0.29, 0.717) is 13.0 Å². The van der Waals surface area contributed by atoms with E-state index in [1.54, 1.807) is 13.8 Å². The van der Waals surface area contributed by atoms with E-state index in [9.17, 15) is 20.0 Å². The smallest absolute Gasteiger partial charge is 0.271 e. The van der Waals surface area contributed by atoms with Crippen molar-refractivity contribution in [3.05, 3.63) is 54.8 Å². The predicted octanol–water partition coefficient (Wildman–Crippen LogP) is 4.64. The van der Waals surface area contributed by atoms with Crippen LogP contribution in [0.25, 0.3) is 0 Å². The summed E-state index contributed by atoms with van der Waals surface area (Å²) in [5.41, 5.74) is -0.741. The number of halogens is 2. The van der Waals surface area contributed by atoms with E-state index in [2.05, 4.69) is 0 Å². The zero-order valence-electron chi connectivity index (χ0n) is 16.0. The first kappa shape index (κ1) is 21.8. The summed E-state index contributed by atoms with van der Waals surface area (Å²) in [6.45, 7) is 7.12. The number of pyridine rings is 1. The van der Waals surface area contributed by atoms with Crippen LogP contribution in [0.1, 0.15) is 60.3 Å². The molecule has 0 amide bonds. The van der Waals surface area contributed by atoms with Gasteiger partial charge >= 0.3 is 0 Å². The molecule has 1 atom stereocenters. The Morgan fingerprint density at radius 2 is 1.89 bits per heavy atom. The maximum Gasteiger partial charge on any atom is 0.271 e. The van der Waals surface area contributed by atoms with Gasteiger partial charge in [0.15, 0.2) is 11.5 Å². The molecule has 1 aromatic heterocycles. The van der Waals surface area contributed by atoms with E-state index >= 15 is 0 Å². The number of rotatable bonds is 6. The maximum absolute atomic E-state index is 13.2. The van der Waals surface area contributed by atoms with Gasteiger partial charge in [-0.2, -0.15) is 5.26 Å². The van der Waals surface area contributed by atoms with Crippen molar-refractivity contribution in [3.63, 3.8) is 0 Å². The molecule has 1 aromatic carbocycles. The number of carbonyl (C=O) groups excluding carboxylic acids is 1. The number of ketones is 1. The molecule has 148 valence electrons. The van der Waals surface area contributed by atoms with Crippen LogP contribution in [0.5, 0.6) is 11.6 Å². The van der Waals surface area contributed by atoms with Crippen LogP contribution >= 0.6 is 23.2 Å². The number of aromatic nitrogens is 1. The molecule has 0 radical (unpaired) electrons. The zero-order chi connectivity index (χ0) is 21.2. The summed E-state index contributed by atoms with van der Waals surface area (Å²) in [6.07, 6.45) is 0.524. The molecule has 1 unspecified atom stereocenters. The molecule has 0 fully saturated rings. The number of aromatic hydroxyl groups is 1. The molecule has 8 heteroatoms. The summed E-state index contributed by atoms with van der Waals surface area (Å²) >= 11 is 12.4. The van der Waals surface area contributed by atoms with Crippen LogP contribution in [0.2, 0.25) is 10.0 Å². The van der Waals surface area contributed by atoms with Crippen LogP contribution in [-0.2, 0) is 0 Å². The van der Waals surface area contributed by atoms with Crippen LogP contribution in [0.15, 0.2) is 16.9 Å². The molecule has 0 aliphatic heterocycles. The third-order valence-corrected chi connectivity index (χ3v) is 5.12. The highest BCUT2D eigenvalue weighted by Gasteiger charge is 2.27. The lowest BCUT2D eigenvalue weighted by Crippen LogP contribution is -2.28. The van der Waals surface area contributed by atoms with Crippen LogP contribution in [-0.4, -0.2) is 22.1 Å². The number of carbonyl (C=O) groups is 1. The zero-order valence-corrected chi connectivity index (χ0v) is 17.5. The molecule has 1 N–H and O–H groups in total. The normalized spacial score (nSPS) is 11.8. The second kappa shape index (κ2) is 8.68. The summed E-state index contributed by atoms with van der Waals surface area (Å²) in [5, 5.41) is 20.4. The molecular weight excluding hydrogens is 403 g/mol. The Bertz CT molecular complexity index is 1010. The first-order valence-electron chi connectivity index (χ1n) is 8.74. The van der Waals surface area contributed by atoms with E-state index in [-0.39, 0.29) is 38.0 Å². The standard InChI is InChI=1S/C20H20Cl2N2O4/c1-5-10(3)24-19(26)13(9-23)11(4)16(20(24)27)17(25)12-7-14(21)18(28-6-2)15(22)8-12/h7-8,10,27H,5-6H2,1-4H3. The van der Waals surface area contributed by atoms with Gasteiger partial charge < -0.3 is 9.84 Å². The molecule has 28 heavy (non-hydrogen) atoms. The Kier molecular flexibility index (Phi) is 6.76. The number of nitrogens with zero attached hydrogens (tertiary/aromatic N) is 2. The number of benzene rings is 1. The Morgan fingerprint density at radius 3 is 2.36 bits per heavy atom. The third kappa shape index (κ3) is 3.73. The van der Waals surface area contributed by atoms with Gasteiger partial charge in [-0.05, 0) is 44.9 Å². The van der Waals surface area contributed by atoms with Crippen molar-refractivity contribution < 1.29 is 14.6 Å². The molecule has 2 rings (SSSR count). The van der Waals surface area contributed by atoms with Crippen molar-refractivity contribution in [2.75, 3.05) is 6.61 Å². The molecular formula is C20H20Cl2N2O4. The van der Waals surface area contributed by atoms with Gasteiger partial charge in [-0.15, -0.1) is 0 Å². The van der Waals surface area contributed by atoms with Gasteiger partial charge in [-0.3, -0.25) is 14.2 Å². The van der Waals surface area contributed by atoms with Gasteiger partial charge in [-0.25, -0.2) is 0 Å². The predicted molar refractivity (Wildman–Crippen MR) is 108 cm³/mol. The lowest BCUT2D eigenvalue weighted by atomic mass is 9.96. The van der Waals surface area contributed by atoms with Gasteiger partial charge in [-0.1, -0.05) is 30.1 Å². The largest absolute Gasteiger partial charge is 0.494 e. The number of nitriles is 1. The van der Waals surface area contributed by atoms with Crippen LogP contribution < -0.4 is 10.3 Å². The second-order valence-corrected chi connectivity index (χ2v) is 7.09. The fraction of sp³-hybridized carbons (Fsp3) is 0.350. The van der Waals surface area contributed by atoms with E-state index in [0.717, 1.165) is 4.57 Å². The average Bonchev–Trinajstić information content (AvgIpc) is 2.64. The van der Waals surface area contributed by atoms with Crippen molar-refractivity contribution in [3.8, 4) is 17.7 Å². The first-order chi connectivity index (χ1) is 13.2. The molecule has 0 saturated heterocycles. The van der Waals surface area contributed by atoms with E-state index in [1.165, 1.54) is 19.1 Å². The first-order valence-corrected chi connectivity index (χ1v) is 9.49. The van der Waals surface area contributed by atoms with Crippen molar-refractivity contribution in [1.29, 1.82) is 5.26 Å². The lowest BCUT2D eigenvalue weighted by molar-refractivity contribution is 0.103. The minimum atomic E-state index is -0.633. The molecule has 1 heterocycles. The quantitative estimate of drug-likeness (QED) is 0.684. The molecule has 0 saturated carbocycles. The van der Waals surface area contributed by atoms with Crippen molar-refractivity contribution in [1.82, 2.24) is 4.57 Å². The lowest BCUT2D eigenvalue weighted by Gasteiger charge is -2.20. The minimum absolute atomic E-state index is 0.107. The summed E-state index contributed by atoms with van der Waals surface area (Å²) in [5.74, 6) is -0.831. The van der Waals surface area contributed by atoms with E-state index < -0.39 is 23.3 Å². The van der Waals surface area contributed by atoms with Gasteiger partial charge in [0.1, 0.15) is 11.6 Å². The van der Waals surface area contributed by atoms with Crippen LogP contribution in [0.3, 0.4) is 0 Å². The average molecular weight is 423 g/mol. The molecule has 0 aliphatic carbocycles. The Hall–Kier alpha value is -2.49. The fourth-order valence-electron chi connectivity index (χ4n) is 2.90. The minimum Gasteiger partial charge on any atom is -0.494 e. The van der Waals surface area contributed by atoms with Crippen molar-refractivity contribution in [2.24, 2.45) is 0 Å². The SMILES string of the molecule is CCOc1c(Cl)cc(C(=O)c2c(C)c(C#N)c(=O)n(C(C)CC)c2O)cc1Cl. The second-order valence-electron chi connectivity index (χ2n) is 6.27. The van der Waals surface area contributed by atoms with Crippen molar-refractivity contribution in [2.45, 2.75) is 40.2 Å². The third-order valence-electron chi connectivity index (χ3n) is 4.55. The van der Waals surface area contributed by atoms with E-state index in [4.69, 9.17) is 27.9 Å². The monoisotopic (exact) mass is 422 g/mol. The molecule has 0 bridgehead atoms. The highest BCUT2D eigenvalue weighted by molar-refractivity contribution is 6.38.